The van der Waals surface area contributed by atoms with Crippen molar-refractivity contribution in [3.63, 3.8) is 0 Å². The van der Waals surface area contributed by atoms with E-state index in [9.17, 15) is 39.0 Å². The average molecular weight is 872 g/mol. The van der Waals surface area contributed by atoms with Crippen LogP contribution in [0.15, 0.2) is 41.5 Å². The zero-order valence-electron chi connectivity index (χ0n) is 36.8. The van der Waals surface area contributed by atoms with E-state index in [-0.39, 0.29) is 42.1 Å². The standard InChI is InChI=1S/C44H57NO17/c1-20(2)17-25(45-38(53)61-40(6,7)8)29(49)37(52)57-30-21(3)28-31(56-22(4)46)33(50)42(11)26(48)18-27-43(19-55-27,60-23(5)47)32(42)35(58-36(51)24-15-13-12-14-16-24)44(41(28,9)10)34(30)59-39(54)62-44/h12-16,20,25-27,29-32,34-35,48-49H,17-19H2,1-11H3,(H,45,53)/t25-,26+,27+,29+,30+,31+,32?,34-,35-,42+,43-,44+/m0/s1. The number of hydrogen-bond acceptors (Lipinski definition) is 17. The normalized spacial score (nSPS) is 34.2. The quantitative estimate of drug-likeness (QED) is 0.173. The molecule has 0 radical (unpaired) electrons. The Kier molecular flexibility index (Phi) is 12.2. The molecule has 18 heteroatoms. The molecule has 18 nitrogen and oxygen atoms in total. The third kappa shape index (κ3) is 7.61. The van der Waals surface area contributed by atoms with Crippen LogP contribution in [-0.4, -0.2) is 124 Å². The Morgan fingerprint density at radius 1 is 0.968 bits per heavy atom. The highest BCUT2D eigenvalue weighted by Gasteiger charge is 2.83. The number of hydrogen-bond donors (Lipinski definition) is 3. The number of carbonyl (C=O) groups excluding carboxylic acids is 7. The van der Waals surface area contributed by atoms with Gasteiger partial charge in [-0.15, -0.1) is 0 Å². The molecule has 6 rings (SSSR count). The van der Waals surface area contributed by atoms with E-state index in [1.807, 2.05) is 0 Å². The van der Waals surface area contributed by atoms with Gasteiger partial charge in [-0.1, -0.05) is 45.9 Å². The maximum Gasteiger partial charge on any atom is 0.509 e. The molecule has 1 aromatic carbocycles. The SMILES string of the molecule is CC(=O)O[C@H]1C(=O)[C@@]2(C)C([C@H](OC(=O)c3ccccc3)[C@]34OC(=O)O[C@H]3[C@H](OC(=O)[C@H](O)[C@H](CC(C)C)NC(=O)OC(C)(C)C)C(C)=C1C4(C)C)[C@]1(OC(C)=O)CO[C@@H]1C[C@H]2O. The van der Waals surface area contributed by atoms with E-state index in [2.05, 4.69) is 5.32 Å². The van der Waals surface area contributed by atoms with Crippen LogP contribution in [-0.2, 0) is 57.1 Å². The molecule has 62 heavy (non-hydrogen) atoms. The number of aliphatic hydroxyl groups is 2. The van der Waals surface area contributed by atoms with E-state index in [0.717, 1.165) is 13.8 Å². The Labute approximate surface area is 359 Å². The van der Waals surface area contributed by atoms with Crippen molar-refractivity contribution in [1.29, 1.82) is 0 Å². The number of rotatable bonds is 10. The predicted molar refractivity (Wildman–Crippen MR) is 212 cm³/mol. The second-order valence-electron chi connectivity index (χ2n) is 19.0. The molecule has 1 amide bonds. The van der Waals surface area contributed by atoms with Crippen LogP contribution in [0, 0.1) is 22.7 Å². The number of alkyl carbamates (subject to hydrolysis) is 1. The number of ketones is 1. The van der Waals surface area contributed by atoms with E-state index in [0.29, 0.717) is 0 Å². The van der Waals surface area contributed by atoms with Gasteiger partial charge in [0.05, 0.1) is 35.6 Å². The molecule has 340 valence electrons. The highest BCUT2D eigenvalue weighted by atomic mass is 16.8. The molecule has 2 saturated carbocycles. The molecule has 2 bridgehead atoms. The summed E-state index contributed by atoms with van der Waals surface area (Å²) in [5.41, 5.74) is -8.99. The average Bonchev–Trinajstić information content (AvgIpc) is 3.52. The summed E-state index contributed by atoms with van der Waals surface area (Å²) in [6.07, 6.45) is -14.5. The number of fused-ring (bicyclic) bond motifs is 4. The van der Waals surface area contributed by atoms with Gasteiger partial charge in [0.15, 0.2) is 41.9 Å². The number of benzene rings is 1. The van der Waals surface area contributed by atoms with Gasteiger partial charge in [-0.05, 0) is 70.2 Å². The largest absolute Gasteiger partial charge is 0.509 e. The zero-order valence-corrected chi connectivity index (χ0v) is 36.8. The summed E-state index contributed by atoms with van der Waals surface area (Å²) in [6.45, 7) is 16.2. The summed E-state index contributed by atoms with van der Waals surface area (Å²) in [5.74, 6) is -6.73. The van der Waals surface area contributed by atoms with Crippen molar-refractivity contribution in [3.8, 4) is 0 Å². The van der Waals surface area contributed by atoms with E-state index in [1.54, 1.807) is 66.7 Å². The van der Waals surface area contributed by atoms with Crippen molar-refractivity contribution in [2.45, 2.75) is 155 Å². The molecule has 2 heterocycles. The van der Waals surface area contributed by atoms with Gasteiger partial charge in [-0.3, -0.25) is 14.4 Å². The van der Waals surface area contributed by atoms with E-state index in [1.165, 1.54) is 26.0 Å². The van der Waals surface area contributed by atoms with Gasteiger partial charge in [-0.25, -0.2) is 19.2 Å². The minimum atomic E-state index is -2.36. The van der Waals surface area contributed by atoms with Crippen LogP contribution in [0.3, 0.4) is 0 Å². The molecule has 1 spiro atoms. The summed E-state index contributed by atoms with van der Waals surface area (Å²) in [5, 5.41) is 26.3. The van der Waals surface area contributed by atoms with Crippen molar-refractivity contribution in [2.75, 3.05) is 6.61 Å². The third-order valence-corrected chi connectivity index (χ3v) is 12.9. The topological polar surface area (TPSA) is 246 Å². The predicted octanol–water partition coefficient (Wildman–Crippen LogP) is 3.66. The minimum absolute atomic E-state index is 0.0261. The second kappa shape index (κ2) is 16.2. The summed E-state index contributed by atoms with van der Waals surface area (Å²) in [7, 11) is 0. The third-order valence-electron chi connectivity index (χ3n) is 12.9. The number of esters is 4. The first-order chi connectivity index (χ1) is 28.7. The fourth-order valence-electron chi connectivity index (χ4n) is 10.4. The van der Waals surface area contributed by atoms with Gasteiger partial charge in [0, 0.05) is 25.7 Å². The van der Waals surface area contributed by atoms with E-state index in [4.69, 9.17) is 37.9 Å². The molecular formula is C44H57NO17. The molecule has 12 atom stereocenters. The molecule has 0 aromatic heterocycles. The smallest absolute Gasteiger partial charge is 0.454 e. The summed E-state index contributed by atoms with van der Waals surface area (Å²) >= 11 is 0. The first-order valence-electron chi connectivity index (χ1n) is 20.7. The fraction of sp³-hybridized carbons (Fsp3) is 0.659. The van der Waals surface area contributed by atoms with Crippen LogP contribution in [0.1, 0.15) is 99.4 Å². The Balaban J connectivity index is 1.61. The van der Waals surface area contributed by atoms with Gasteiger partial charge in [-0.2, -0.15) is 0 Å². The van der Waals surface area contributed by atoms with Gasteiger partial charge in [0.25, 0.3) is 0 Å². The van der Waals surface area contributed by atoms with Crippen LogP contribution in [0.5, 0.6) is 0 Å². The molecule has 3 aliphatic carbocycles. The number of aliphatic hydroxyl groups excluding tert-OH is 2. The molecule has 1 unspecified atom stereocenters. The Morgan fingerprint density at radius 3 is 2.16 bits per heavy atom. The second-order valence-corrected chi connectivity index (χ2v) is 19.0. The van der Waals surface area contributed by atoms with Crippen molar-refractivity contribution in [3.05, 3.63) is 47.0 Å². The molecular weight excluding hydrogens is 814 g/mol. The molecule has 4 fully saturated rings. The van der Waals surface area contributed by atoms with Crippen molar-refractivity contribution >= 4 is 41.9 Å². The number of amides is 1. The monoisotopic (exact) mass is 871 g/mol. The van der Waals surface area contributed by atoms with Gasteiger partial charge < -0.3 is 53.4 Å². The maximum atomic E-state index is 15.6. The highest BCUT2D eigenvalue weighted by molar-refractivity contribution is 5.96. The summed E-state index contributed by atoms with van der Waals surface area (Å²) in [6, 6.07) is 6.47. The van der Waals surface area contributed by atoms with Crippen molar-refractivity contribution in [2.24, 2.45) is 22.7 Å². The van der Waals surface area contributed by atoms with Crippen LogP contribution in [0.2, 0.25) is 0 Å². The van der Waals surface area contributed by atoms with E-state index < -0.39 is 124 Å². The van der Waals surface area contributed by atoms with Crippen LogP contribution in [0.4, 0.5) is 9.59 Å². The molecule has 2 saturated heterocycles. The number of carbonyl (C=O) groups is 7. The molecule has 3 N–H and O–H groups in total. The van der Waals surface area contributed by atoms with Crippen LogP contribution >= 0.6 is 0 Å². The lowest BCUT2D eigenvalue weighted by Gasteiger charge is -2.67. The lowest BCUT2D eigenvalue weighted by molar-refractivity contribution is -0.345. The van der Waals surface area contributed by atoms with Crippen LogP contribution in [0.25, 0.3) is 0 Å². The summed E-state index contributed by atoms with van der Waals surface area (Å²) < 4.78 is 48.1. The highest BCUT2D eigenvalue weighted by Crippen LogP contribution is 2.67. The summed E-state index contributed by atoms with van der Waals surface area (Å²) in [4.78, 5) is 97.3. The van der Waals surface area contributed by atoms with Crippen molar-refractivity contribution in [1.82, 2.24) is 5.32 Å². The van der Waals surface area contributed by atoms with Gasteiger partial charge in [0.1, 0.15) is 11.7 Å². The molecule has 2 aliphatic heterocycles. The lowest BCUT2D eigenvalue weighted by Crippen LogP contribution is -2.83. The first kappa shape index (κ1) is 46.4. The minimum Gasteiger partial charge on any atom is -0.454 e. The Morgan fingerprint density at radius 2 is 1.61 bits per heavy atom. The lowest BCUT2D eigenvalue weighted by atomic mass is 9.44. The number of Topliss-reactive ketones (excluding diaryl/α,β-unsaturated/α-hetero) is 1. The van der Waals surface area contributed by atoms with Gasteiger partial charge >= 0.3 is 36.1 Å². The maximum absolute atomic E-state index is 15.6. The Hall–Kier alpha value is -5.07. The first-order valence-corrected chi connectivity index (χ1v) is 20.7. The number of nitrogens with one attached hydrogen (secondary N) is 1. The Bertz CT molecular complexity index is 2040. The van der Waals surface area contributed by atoms with Crippen molar-refractivity contribution < 1.29 is 81.7 Å². The van der Waals surface area contributed by atoms with E-state index >= 15 is 4.79 Å². The fourth-order valence-corrected chi connectivity index (χ4v) is 10.4. The van der Waals surface area contributed by atoms with Crippen LogP contribution < -0.4 is 5.32 Å². The molecule has 1 aromatic rings. The zero-order chi connectivity index (χ0) is 46.1. The number of ether oxygens (including phenoxy) is 8. The molecule has 5 aliphatic rings. The van der Waals surface area contributed by atoms with Gasteiger partial charge in [0.2, 0.25) is 5.60 Å².